The highest BCUT2D eigenvalue weighted by Crippen LogP contribution is 2.59. The van der Waals surface area contributed by atoms with Crippen molar-refractivity contribution in [1.82, 2.24) is 4.57 Å². The van der Waals surface area contributed by atoms with Crippen LogP contribution in [0.1, 0.15) is 23.1 Å². The third-order valence-electron chi connectivity index (χ3n) is 18.0. The molecule has 392 valence electrons. The largest absolute Gasteiger partial charge is 0.453 e. The van der Waals surface area contributed by atoms with E-state index >= 15 is 0 Å². The van der Waals surface area contributed by atoms with E-state index in [-0.39, 0.29) is 5.92 Å². The molecule has 12 aromatic carbocycles. The van der Waals surface area contributed by atoms with Gasteiger partial charge in [0.15, 0.2) is 19.6 Å². The third kappa shape index (κ3) is 7.57. The van der Waals surface area contributed by atoms with Crippen molar-refractivity contribution in [3.8, 4) is 50.6 Å². The monoisotopic (exact) mass is 1080 g/mol. The normalized spacial score (nSPS) is 14.8. The lowest BCUT2D eigenvalue weighted by Gasteiger charge is -2.44. The van der Waals surface area contributed by atoms with Crippen molar-refractivity contribution in [2.45, 2.75) is 11.8 Å². The molecular weight excluding hydrogens is 1020 g/mol. The van der Waals surface area contributed by atoms with Crippen LogP contribution in [0, 0.1) is 5.92 Å². The van der Waals surface area contributed by atoms with Gasteiger partial charge in [-0.1, -0.05) is 266 Å². The number of anilines is 3. The number of ether oxygens (including phenoxy) is 1. The first-order valence-corrected chi connectivity index (χ1v) is 30.9. The first-order chi connectivity index (χ1) is 41.2. The van der Waals surface area contributed by atoms with E-state index < -0.39 is 13.5 Å². The Bertz CT molecular complexity index is 4530. The van der Waals surface area contributed by atoms with Gasteiger partial charge in [0.25, 0.3) is 0 Å². The van der Waals surface area contributed by atoms with Gasteiger partial charge in [0.1, 0.15) is 0 Å². The van der Waals surface area contributed by atoms with Crippen molar-refractivity contribution in [3.05, 3.63) is 343 Å². The molecule has 2 aliphatic carbocycles. The van der Waals surface area contributed by atoms with E-state index in [1.54, 1.807) is 0 Å². The Morgan fingerprint density at radius 2 is 0.892 bits per heavy atom. The molecule has 1 unspecified atom stereocenters. The van der Waals surface area contributed by atoms with E-state index in [2.05, 4.69) is 319 Å². The van der Waals surface area contributed by atoms with Crippen LogP contribution >= 0.6 is 0 Å². The van der Waals surface area contributed by atoms with E-state index in [1.807, 2.05) is 12.1 Å². The predicted octanol–water partition coefficient (Wildman–Crippen LogP) is 18.2. The summed E-state index contributed by atoms with van der Waals surface area (Å²) in [5.41, 5.74) is 17.4. The molecule has 1 atom stereocenters. The fraction of sp³-hybridized carbons (Fsp3) is 0.0380. The molecule has 0 saturated carbocycles. The highest BCUT2D eigenvalue weighted by molar-refractivity contribution is 7.16. The van der Waals surface area contributed by atoms with Gasteiger partial charge in [0.2, 0.25) is 0 Å². The molecule has 0 saturated heterocycles. The molecule has 0 spiro atoms. The van der Waals surface area contributed by atoms with Crippen LogP contribution in [0.2, 0.25) is 0 Å². The van der Waals surface area contributed by atoms with Crippen molar-refractivity contribution in [3.63, 3.8) is 0 Å². The third-order valence-corrected chi connectivity index (χ3v) is 22.9. The lowest BCUT2D eigenvalue weighted by molar-refractivity contribution is 0.454. The predicted molar refractivity (Wildman–Crippen MR) is 347 cm³/mol. The Hall–Kier alpha value is -10.3. The highest BCUT2D eigenvalue weighted by atomic mass is 28.3. The van der Waals surface area contributed by atoms with Gasteiger partial charge < -0.3 is 14.2 Å². The number of nitrogens with zero attached hydrogens (tertiary/aromatic N) is 2. The molecule has 0 fully saturated rings. The minimum Gasteiger partial charge on any atom is -0.453 e. The topological polar surface area (TPSA) is 17.4 Å². The molecule has 0 bridgehead atoms. The molecule has 0 N–H and O–H groups in total. The zero-order valence-corrected chi connectivity index (χ0v) is 46.7. The van der Waals surface area contributed by atoms with Crippen LogP contribution in [0.3, 0.4) is 0 Å². The number of para-hydroxylation sites is 7. The van der Waals surface area contributed by atoms with Crippen LogP contribution in [-0.2, 0) is 5.41 Å². The van der Waals surface area contributed by atoms with Crippen LogP contribution in [0.5, 0.6) is 11.5 Å². The molecule has 3 aliphatic rings. The standard InChI is InChI=1S/C79H56N2OSi/c1-4-27-58(28-5-1)79(70-41-15-10-37-66(70)67-38-11-16-42-71(67)79)59-29-25-35-63(54-59)83(61-31-6-2-7-32-61,62-33-8-3-9-34-62)64-52-56(55-26-24-30-60(51-55)80-75-46-20-22-48-77(75)82-78-49-23-21-47-76(78)80)50-57(53-64)65-36-12-17-43-72(65)81-73-44-18-13-39-68(73)69-40-14-19-45-74(69)81/h1-53,59H,54H2. The van der Waals surface area contributed by atoms with Crippen LogP contribution in [-0.4, -0.2) is 12.6 Å². The second kappa shape index (κ2) is 19.8. The fourth-order valence-corrected chi connectivity index (χ4v) is 19.8. The minimum absolute atomic E-state index is 0.0728. The van der Waals surface area contributed by atoms with Crippen LogP contribution in [0.25, 0.3) is 60.9 Å². The van der Waals surface area contributed by atoms with Gasteiger partial charge in [0.05, 0.1) is 33.5 Å². The van der Waals surface area contributed by atoms with Crippen molar-refractivity contribution in [2.75, 3.05) is 4.90 Å². The second-order valence-corrected chi connectivity index (χ2v) is 26.1. The number of benzene rings is 12. The molecule has 1 aromatic heterocycles. The van der Waals surface area contributed by atoms with E-state index in [4.69, 9.17) is 4.74 Å². The zero-order chi connectivity index (χ0) is 54.9. The summed E-state index contributed by atoms with van der Waals surface area (Å²) in [5, 5.41) is 7.97. The number of aromatic nitrogens is 1. The number of hydrogen-bond acceptors (Lipinski definition) is 2. The van der Waals surface area contributed by atoms with E-state index in [1.165, 1.54) is 70.4 Å². The van der Waals surface area contributed by atoms with Gasteiger partial charge in [-0.15, -0.1) is 0 Å². The summed E-state index contributed by atoms with van der Waals surface area (Å²) in [6.45, 7) is 0. The Morgan fingerprint density at radius 1 is 0.386 bits per heavy atom. The van der Waals surface area contributed by atoms with Crippen LogP contribution in [0.4, 0.5) is 17.1 Å². The summed E-state index contributed by atoms with van der Waals surface area (Å²) < 4.78 is 9.04. The smallest absolute Gasteiger partial charge is 0.175 e. The molecule has 83 heavy (non-hydrogen) atoms. The lowest BCUT2D eigenvalue weighted by atomic mass is 9.62. The van der Waals surface area contributed by atoms with Gasteiger partial charge in [-0.2, -0.15) is 0 Å². The van der Waals surface area contributed by atoms with Gasteiger partial charge >= 0.3 is 0 Å². The number of allylic oxidation sites excluding steroid dienone is 4. The molecule has 4 heteroatoms. The van der Waals surface area contributed by atoms with E-state index in [0.717, 1.165) is 62.9 Å². The maximum Gasteiger partial charge on any atom is 0.175 e. The summed E-state index contributed by atoms with van der Waals surface area (Å²) in [5.74, 6) is 1.73. The van der Waals surface area contributed by atoms with Gasteiger partial charge in [-0.25, -0.2) is 0 Å². The molecule has 13 aromatic rings. The van der Waals surface area contributed by atoms with Crippen molar-refractivity contribution in [2.24, 2.45) is 5.92 Å². The van der Waals surface area contributed by atoms with Crippen molar-refractivity contribution < 1.29 is 4.74 Å². The van der Waals surface area contributed by atoms with Gasteiger partial charge in [-0.05, 0) is 133 Å². The maximum absolute atomic E-state index is 6.56. The van der Waals surface area contributed by atoms with Gasteiger partial charge in [0, 0.05) is 22.0 Å². The molecule has 0 amide bonds. The summed E-state index contributed by atoms with van der Waals surface area (Å²) in [6.07, 6.45) is 8.30. The van der Waals surface area contributed by atoms with Crippen LogP contribution in [0.15, 0.2) is 327 Å². The molecule has 2 heterocycles. The number of rotatable bonds is 10. The SMILES string of the molecule is C1=CC(C2(c3ccccc3)c3ccccc3-c3ccccc32)CC([Si](c2ccccc2)(c2ccccc2)c2cc(-c3cccc(N4c5ccccc5Oc5ccccc54)c3)cc(-c3ccccc3-n3c4ccccc4c4ccccc43)c2)=C1. The molecule has 1 aliphatic heterocycles. The van der Waals surface area contributed by atoms with Crippen LogP contribution < -0.4 is 25.2 Å². The average Bonchev–Trinajstić information content (AvgIpc) is 2.00. The highest BCUT2D eigenvalue weighted by Gasteiger charge is 2.52. The number of hydrogen-bond donors (Lipinski definition) is 0. The zero-order valence-electron chi connectivity index (χ0n) is 45.7. The molecule has 3 nitrogen and oxygen atoms in total. The Morgan fingerprint density at radius 3 is 1.52 bits per heavy atom. The summed E-state index contributed by atoms with van der Waals surface area (Å²) >= 11 is 0. The molecular formula is C79H56N2OSi. The second-order valence-electron chi connectivity index (χ2n) is 22.2. The summed E-state index contributed by atoms with van der Waals surface area (Å²) in [4.78, 5) is 2.36. The Balaban J connectivity index is 0.969. The van der Waals surface area contributed by atoms with E-state index in [0.29, 0.717) is 0 Å². The maximum atomic E-state index is 6.56. The van der Waals surface area contributed by atoms with Crippen molar-refractivity contribution in [1.29, 1.82) is 0 Å². The Kier molecular flexibility index (Phi) is 11.6. The average molecular weight is 1080 g/mol. The summed E-state index contributed by atoms with van der Waals surface area (Å²) in [7, 11) is -3.30. The van der Waals surface area contributed by atoms with Gasteiger partial charge in [-0.3, -0.25) is 0 Å². The molecule has 16 rings (SSSR count). The first kappa shape index (κ1) is 48.6. The minimum atomic E-state index is -3.30. The molecule has 0 radical (unpaired) electrons. The lowest BCUT2D eigenvalue weighted by Crippen LogP contribution is -2.69. The summed E-state index contributed by atoms with van der Waals surface area (Å²) in [6, 6.07) is 113. The Labute approximate surface area is 485 Å². The fourth-order valence-electron chi connectivity index (χ4n) is 14.6. The van der Waals surface area contributed by atoms with E-state index in [9.17, 15) is 0 Å². The number of fused-ring (bicyclic) bond motifs is 8. The van der Waals surface area contributed by atoms with Crippen molar-refractivity contribution >= 4 is 62.5 Å². The first-order valence-electron chi connectivity index (χ1n) is 28.9. The quantitative estimate of drug-likeness (QED) is 0.100.